The smallest absolute Gasteiger partial charge is 0.290 e. The first kappa shape index (κ1) is 20.7. The minimum Gasteiger partial charge on any atom is -0.493 e. The minimum atomic E-state index is -0.550. The lowest BCUT2D eigenvalue weighted by Gasteiger charge is -2.25. The molecule has 0 unspecified atom stereocenters. The van der Waals surface area contributed by atoms with Crippen molar-refractivity contribution >= 4 is 16.9 Å². The standard InChI is InChI=1S/C25H25NO5/c1-5-11-26-22(16-8-10-19(30-12-6-2)20(14-16)29-4)21-23(27)17-13-15(3)7-9-18(17)31-24(21)25(26)28/h6-10,13-14,22H,2,5,11-12H2,1,3-4H3/t22-/m0/s1. The van der Waals surface area contributed by atoms with Gasteiger partial charge in [0.05, 0.1) is 24.1 Å². The number of aryl methyl sites for hydroxylation is 1. The van der Waals surface area contributed by atoms with Crippen molar-refractivity contribution < 1.29 is 18.7 Å². The average Bonchev–Trinajstić information content (AvgIpc) is 3.05. The molecule has 0 bridgehead atoms. The average molecular weight is 419 g/mol. The van der Waals surface area contributed by atoms with E-state index in [1.165, 1.54) is 0 Å². The number of hydrogen-bond acceptors (Lipinski definition) is 5. The van der Waals surface area contributed by atoms with Crippen LogP contribution in [0.3, 0.4) is 0 Å². The molecule has 0 fully saturated rings. The summed E-state index contributed by atoms with van der Waals surface area (Å²) in [4.78, 5) is 28.4. The van der Waals surface area contributed by atoms with Gasteiger partial charge in [-0.1, -0.05) is 37.3 Å². The molecule has 1 atom stereocenters. The van der Waals surface area contributed by atoms with Gasteiger partial charge in [-0.05, 0) is 43.2 Å². The van der Waals surface area contributed by atoms with Crippen LogP contribution in [0.4, 0.5) is 0 Å². The number of benzene rings is 2. The van der Waals surface area contributed by atoms with Gasteiger partial charge in [-0.3, -0.25) is 9.59 Å². The van der Waals surface area contributed by atoms with Crippen LogP contribution in [-0.2, 0) is 0 Å². The number of methoxy groups -OCH3 is 1. The fourth-order valence-electron chi connectivity index (χ4n) is 4.07. The van der Waals surface area contributed by atoms with Gasteiger partial charge in [0.1, 0.15) is 12.2 Å². The van der Waals surface area contributed by atoms with E-state index in [4.69, 9.17) is 13.9 Å². The maximum Gasteiger partial charge on any atom is 0.290 e. The molecule has 1 amide bonds. The molecule has 6 nitrogen and oxygen atoms in total. The third-order valence-corrected chi connectivity index (χ3v) is 5.45. The van der Waals surface area contributed by atoms with Gasteiger partial charge in [0, 0.05) is 6.54 Å². The van der Waals surface area contributed by atoms with Crippen LogP contribution < -0.4 is 14.9 Å². The summed E-state index contributed by atoms with van der Waals surface area (Å²) in [5.74, 6) is 0.940. The van der Waals surface area contributed by atoms with Gasteiger partial charge in [0.2, 0.25) is 5.76 Å². The Balaban J connectivity index is 1.92. The van der Waals surface area contributed by atoms with Gasteiger partial charge < -0.3 is 18.8 Å². The van der Waals surface area contributed by atoms with E-state index in [1.54, 1.807) is 36.3 Å². The Hall–Kier alpha value is -3.54. The summed E-state index contributed by atoms with van der Waals surface area (Å²) in [6.45, 7) is 8.42. The van der Waals surface area contributed by atoms with Crippen LogP contribution in [0.5, 0.6) is 11.5 Å². The minimum absolute atomic E-state index is 0.116. The Morgan fingerprint density at radius 2 is 1.97 bits per heavy atom. The van der Waals surface area contributed by atoms with Crippen molar-refractivity contribution in [3.8, 4) is 11.5 Å². The topological polar surface area (TPSA) is 69.0 Å². The summed E-state index contributed by atoms with van der Waals surface area (Å²) in [5.41, 5.74) is 2.34. The van der Waals surface area contributed by atoms with Crippen molar-refractivity contribution in [1.29, 1.82) is 0 Å². The number of rotatable bonds is 7. The molecule has 0 N–H and O–H groups in total. The van der Waals surface area contributed by atoms with Crippen LogP contribution in [-0.4, -0.2) is 31.1 Å². The van der Waals surface area contributed by atoms with Crippen molar-refractivity contribution in [3.63, 3.8) is 0 Å². The normalized spacial score (nSPS) is 15.3. The highest BCUT2D eigenvalue weighted by Gasteiger charge is 2.42. The molecule has 0 radical (unpaired) electrons. The molecule has 1 aliphatic rings. The number of carbonyl (C=O) groups excluding carboxylic acids is 1. The van der Waals surface area contributed by atoms with Crippen molar-refractivity contribution in [2.24, 2.45) is 0 Å². The molecule has 3 aromatic rings. The summed E-state index contributed by atoms with van der Waals surface area (Å²) >= 11 is 0. The molecule has 1 aliphatic heterocycles. The van der Waals surface area contributed by atoms with Crippen LogP contribution in [0.2, 0.25) is 0 Å². The zero-order chi connectivity index (χ0) is 22.1. The Bertz CT molecular complexity index is 1230. The van der Waals surface area contributed by atoms with Gasteiger partial charge in [0.15, 0.2) is 16.9 Å². The maximum atomic E-state index is 13.5. The van der Waals surface area contributed by atoms with E-state index in [1.807, 2.05) is 32.0 Å². The number of hydrogen-bond donors (Lipinski definition) is 0. The number of ether oxygens (including phenoxy) is 2. The molecule has 6 heteroatoms. The van der Waals surface area contributed by atoms with Crippen molar-refractivity contribution in [2.75, 3.05) is 20.3 Å². The Kier molecular flexibility index (Phi) is 5.55. The summed E-state index contributed by atoms with van der Waals surface area (Å²) in [6, 6.07) is 10.3. The van der Waals surface area contributed by atoms with Gasteiger partial charge in [0.25, 0.3) is 5.91 Å². The van der Waals surface area contributed by atoms with Crippen LogP contribution in [0, 0.1) is 6.92 Å². The maximum absolute atomic E-state index is 13.5. The largest absolute Gasteiger partial charge is 0.493 e. The highest BCUT2D eigenvalue weighted by Crippen LogP contribution is 2.41. The molecule has 0 saturated carbocycles. The number of amides is 1. The summed E-state index contributed by atoms with van der Waals surface area (Å²) < 4.78 is 17.1. The first-order chi connectivity index (χ1) is 15.0. The van der Waals surface area contributed by atoms with Crippen LogP contribution in [0.1, 0.15) is 46.6 Å². The van der Waals surface area contributed by atoms with Gasteiger partial charge >= 0.3 is 0 Å². The Morgan fingerprint density at radius 1 is 1.16 bits per heavy atom. The zero-order valence-electron chi connectivity index (χ0n) is 17.9. The fourth-order valence-corrected chi connectivity index (χ4v) is 4.07. The second kappa shape index (κ2) is 8.30. The van der Waals surface area contributed by atoms with E-state index in [0.29, 0.717) is 41.2 Å². The highest BCUT2D eigenvalue weighted by molar-refractivity contribution is 5.99. The highest BCUT2D eigenvalue weighted by atomic mass is 16.5. The molecule has 0 saturated heterocycles. The van der Waals surface area contributed by atoms with Gasteiger partial charge in [-0.2, -0.15) is 0 Å². The lowest BCUT2D eigenvalue weighted by Crippen LogP contribution is -2.30. The number of nitrogens with zero attached hydrogens (tertiary/aromatic N) is 1. The SMILES string of the molecule is C=CCOc1ccc([C@H]2c3c(oc4ccc(C)cc4c3=O)C(=O)N2CCC)cc1OC. The van der Waals surface area contributed by atoms with E-state index in [2.05, 4.69) is 6.58 Å². The number of fused-ring (bicyclic) bond motifs is 2. The zero-order valence-corrected chi connectivity index (χ0v) is 17.9. The predicted molar refractivity (Wildman–Crippen MR) is 119 cm³/mol. The second-order valence-electron chi connectivity index (χ2n) is 7.58. The Morgan fingerprint density at radius 3 is 2.68 bits per heavy atom. The molecule has 0 spiro atoms. The van der Waals surface area contributed by atoms with Crippen LogP contribution in [0.15, 0.2) is 58.3 Å². The predicted octanol–water partition coefficient (Wildman–Crippen LogP) is 4.63. The third kappa shape index (κ3) is 3.48. The third-order valence-electron chi connectivity index (χ3n) is 5.45. The monoisotopic (exact) mass is 419 g/mol. The molecule has 0 aliphatic carbocycles. The molecule has 1 aromatic heterocycles. The number of carbonyl (C=O) groups is 1. The van der Waals surface area contributed by atoms with Crippen molar-refractivity contribution in [1.82, 2.24) is 4.90 Å². The summed E-state index contributed by atoms with van der Waals surface area (Å²) in [7, 11) is 1.56. The van der Waals surface area contributed by atoms with E-state index >= 15 is 0 Å². The van der Waals surface area contributed by atoms with Crippen LogP contribution in [0.25, 0.3) is 11.0 Å². The molecular formula is C25H25NO5. The van der Waals surface area contributed by atoms with E-state index < -0.39 is 6.04 Å². The summed E-state index contributed by atoms with van der Waals surface area (Å²) in [6.07, 6.45) is 2.40. The molecular weight excluding hydrogens is 394 g/mol. The summed E-state index contributed by atoms with van der Waals surface area (Å²) in [5, 5.41) is 0.479. The first-order valence-electron chi connectivity index (χ1n) is 10.3. The van der Waals surface area contributed by atoms with Crippen molar-refractivity contribution in [2.45, 2.75) is 26.3 Å². The van der Waals surface area contributed by atoms with Gasteiger partial charge in [-0.25, -0.2) is 0 Å². The van der Waals surface area contributed by atoms with Crippen molar-refractivity contribution in [3.05, 3.63) is 81.7 Å². The van der Waals surface area contributed by atoms with E-state index in [-0.39, 0.29) is 17.1 Å². The molecule has 2 heterocycles. The molecule has 4 rings (SSSR count). The lowest BCUT2D eigenvalue weighted by molar-refractivity contribution is 0.0728. The fraction of sp³-hybridized carbons (Fsp3) is 0.280. The first-order valence-corrected chi connectivity index (χ1v) is 10.3. The molecule has 160 valence electrons. The van der Waals surface area contributed by atoms with Crippen LogP contribution >= 0.6 is 0 Å². The van der Waals surface area contributed by atoms with E-state index in [9.17, 15) is 9.59 Å². The Labute approximate surface area is 180 Å². The van der Waals surface area contributed by atoms with E-state index in [0.717, 1.165) is 17.5 Å². The quantitative estimate of drug-likeness (QED) is 0.522. The van der Waals surface area contributed by atoms with Gasteiger partial charge in [-0.15, -0.1) is 0 Å². The molecule has 31 heavy (non-hydrogen) atoms. The molecule has 2 aromatic carbocycles. The second-order valence-corrected chi connectivity index (χ2v) is 7.58. The lowest BCUT2D eigenvalue weighted by atomic mass is 9.97.